The quantitative estimate of drug-likeness (QED) is 0.657. The first kappa shape index (κ1) is 16.7. The molecule has 0 radical (unpaired) electrons. The monoisotopic (exact) mass is 373 g/mol. The Kier molecular flexibility index (Phi) is 3.78. The Balaban J connectivity index is 2.25. The number of nitrogen functional groups attached to an aromatic ring is 1. The van der Waals surface area contributed by atoms with Gasteiger partial charge in [0, 0.05) is 0 Å². The minimum Gasteiger partial charge on any atom is -0.390 e. The highest BCUT2D eigenvalue weighted by atomic mass is 32.1. The van der Waals surface area contributed by atoms with Crippen molar-refractivity contribution in [3.63, 3.8) is 0 Å². The summed E-state index contributed by atoms with van der Waals surface area (Å²) in [5.41, 5.74) is 7.35. The Bertz CT molecular complexity index is 902. The number of hydrogen-bond acceptors (Lipinski definition) is 6. The summed E-state index contributed by atoms with van der Waals surface area (Å²) >= 11 is 1.17. The molecule has 1 amide bonds. The van der Waals surface area contributed by atoms with Crippen molar-refractivity contribution in [3.05, 3.63) is 45.8 Å². The van der Waals surface area contributed by atoms with E-state index < -0.39 is 27.6 Å². The van der Waals surface area contributed by atoms with Gasteiger partial charge in [-0.05, 0) is 18.2 Å². The van der Waals surface area contributed by atoms with Gasteiger partial charge in [0.25, 0.3) is 5.91 Å². The van der Waals surface area contributed by atoms with Crippen molar-refractivity contribution in [1.29, 1.82) is 0 Å². The fourth-order valence-electron chi connectivity index (χ4n) is 2.17. The van der Waals surface area contributed by atoms with Gasteiger partial charge in [-0.3, -0.25) is 4.79 Å². The van der Waals surface area contributed by atoms with Crippen molar-refractivity contribution in [1.82, 2.24) is 4.98 Å². The maximum Gasteiger partial charge on any atom is 0.428 e. The number of fused-ring (bicyclic) bond motifs is 1. The van der Waals surface area contributed by atoms with Crippen molar-refractivity contribution in [2.45, 2.75) is 11.8 Å². The fourth-order valence-corrected chi connectivity index (χ4v) is 4.37. The van der Waals surface area contributed by atoms with E-state index in [1.165, 1.54) is 0 Å². The van der Waals surface area contributed by atoms with Crippen LogP contribution in [0.2, 0.25) is 0 Å². The lowest BCUT2D eigenvalue weighted by molar-refractivity contribution is -0.247. The van der Waals surface area contributed by atoms with E-state index in [4.69, 9.17) is 11.5 Å². The van der Waals surface area contributed by atoms with E-state index in [0.29, 0.717) is 21.6 Å². The predicted octanol–water partition coefficient (Wildman–Crippen LogP) is 2.84. The summed E-state index contributed by atoms with van der Waals surface area (Å²) < 4.78 is 41.6. The number of thiophene rings is 1. The lowest BCUT2D eigenvalue weighted by Gasteiger charge is -2.27. The molecular formula is C14H10F3N3O2S2. The van der Waals surface area contributed by atoms with Crippen LogP contribution in [0.15, 0.2) is 30.3 Å². The number of benzene rings is 1. The number of carbonyl (C=O) groups excluding carboxylic acids is 1. The van der Waals surface area contributed by atoms with Gasteiger partial charge in [-0.2, -0.15) is 13.2 Å². The molecule has 10 heteroatoms. The fraction of sp³-hybridized carbons (Fsp3) is 0.143. The molecule has 1 atom stereocenters. The zero-order valence-corrected chi connectivity index (χ0v) is 13.4. The summed E-state index contributed by atoms with van der Waals surface area (Å²) in [6.45, 7) is 0. The number of halogens is 3. The topological polar surface area (TPSA) is 102 Å². The Morgan fingerprint density at radius 3 is 2.42 bits per heavy atom. The van der Waals surface area contributed by atoms with Crippen molar-refractivity contribution in [2.75, 3.05) is 5.73 Å². The summed E-state index contributed by atoms with van der Waals surface area (Å²) in [5.74, 6) is -0.969. The number of thiazole rings is 1. The molecule has 0 aliphatic rings. The number of aliphatic hydroxyl groups is 1. The summed E-state index contributed by atoms with van der Waals surface area (Å²) in [7, 11) is 0. The molecule has 0 spiro atoms. The normalized spacial score (nSPS) is 14.7. The zero-order chi connectivity index (χ0) is 17.7. The number of aromatic nitrogens is 1. The first-order valence-corrected chi connectivity index (χ1v) is 8.12. The minimum absolute atomic E-state index is 0.193. The predicted molar refractivity (Wildman–Crippen MR) is 85.9 cm³/mol. The van der Waals surface area contributed by atoms with Gasteiger partial charge in [0.05, 0.1) is 25.7 Å². The molecule has 0 fully saturated rings. The van der Waals surface area contributed by atoms with Crippen molar-refractivity contribution in [2.24, 2.45) is 5.73 Å². The number of para-hydroxylation sites is 1. The number of nitrogens with two attached hydrogens (primary N) is 2. The van der Waals surface area contributed by atoms with Crippen LogP contribution in [0.3, 0.4) is 0 Å². The van der Waals surface area contributed by atoms with Crippen molar-refractivity contribution >= 4 is 43.8 Å². The average molecular weight is 373 g/mol. The van der Waals surface area contributed by atoms with Crippen LogP contribution in [0, 0.1) is 0 Å². The van der Waals surface area contributed by atoms with Crippen molar-refractivity contribution < 1.29 is 23.1 Å². The van der Waals surface area contributed by atoms with Gasteiger partial charge in [-0.15, -0.1) is 22.7 Å². The van der Waals surface area contributed by atoms with Gasteiger partial charge in [-0.1, -0.05) is 12.1 Å². The largest absolute Gasteiger partial charge is 0.428 e. The number of alkyl halides is 3. The molecule has 0 aliphatic carbocycles. The second-order valence-corrected chi connectivity index (χ2v) is 7.06. The van der Waals surface area contributed by atoms with Crippen LogP contribution in [0.5, 0.6) is 0 Å². The molecule has 5 nitrogen and oxygen atoms in total. The molecule has 1 aromatic carbocycles. The third kappa shape index (κ3) is 2.43. The highest BCUT2D eigenvalue weighted by Crippen LogP contribution is 2.49. The van der Waals surface area contributed by atoms with Gasteiger partial charge < -0.3 is 16.6 Å². The first-order chi connectivity index (χ1) is 11.1. The number of nitrogens with zero attached hydrogens (tertiary/aromatic N) is 1. The Labute approximate surface area is 141 Å². The average Bonchev–Trinajstić information content (AvgIpc) is 3.08. The number of amides is 1. The molecule has 0 unspecified atom stereocenters. The highest BCUT2D eigenvalue weighted by molar-refractivity contribution is 7.19. The minimum atomic E-state index is -5.06. The lowest BCUT2D eigenvalue weighted by Crippen LogP contribution is -2.42. The number of rotatable bonds is 3. The summed E-state index contributed by atoms with van der Waals surface area (Å²) in [6.07, 6.45) is -5.06. The molecule has 3 aromatic rings. The third-order valence-electron chi connectivity index (χ3n) is 3.40. The van der Waals surface area contributed by atoms with Crippen LogP contribution < -0.4 is 11.5 Å². The molecule has 0 aliphatic heterocycles. The van der Waals surface area contributed by atoms with E-state index >= 15 is 0 Å². The summed E-state index contributed by atoms with van der Waals surface area (Å²) in [6, 6.07) is 7.30. The summed E-state index contributed by atoms with van der Waals surface area (Å²) in [4.78, 5) is 14.6. The van der Waals surface area contributed by atoms with E-state index in [1.54, 1.807) is 24.3 Å². The van der Waals surface area contributed by atoms with Gasteiger partial charge >= 0.3 is 6.18 Å². The molecule has 2 aromatic heterocycles. The first-order valence-electron chi connectivity index (χ1n) is 6.49. The van der Waals surface area contributed by atoms with Gasteiger partial charge in [0.2, 0.25) is 5.60 Å². The van der Waals surface area contributed by atoms with Gasteiger partial charge in [0.15, 0.2) is 0 Å². The Morgan fingerprint density at radius 2 is 1.88 bits per heavy atom. The highest BCUT2D eigenvalue weighted by Gasteiger charge is 2.59. The maximum absolute atomic E-state index is 13.7. The molecule has 0 bridgehead atoms. The molecule has 0 saturated carbocycles. The van der Waals surface area contributed by atoms with E-state index in [-0.39, 0.29) is 10.6 Å². The van der Waals surface area contributed by atoms with E-state index in [1.807, 2.05) is 0 Å². The number of hydrogen-bond donors (Lipinski definition) is 3. The molecule has 0 saturated heterocycles. The van der Waals surface area contributed by atoms with Crippen LogP contribution >= 0.6 is 22.7 Å². The van der Waals surface area contributed by atoms with Crippen LogP contribution in [-0.4, -0.2) is 22.2 Å². The van der Waals surface area contributed by atoms with Gasteiger partial charge in [-0.25, -0.2) is 4.98 Å². The Hall–Kier alpha value is -2.17. The second-order valence-electron chi connectivity index (χ2n) is 4.95. The number of carbonyl (C=O) groups is 1. The van der Waals surface area contributed by atoms with Crippen LogP contribution in [-0.2, 0) is 5.60 Å². The molecule has 2 heterocycles. The third-order valence-corrected chi connectivity index (χ3v) is 5.61. The van der Waals surface area contributed by atoms with E-state index in [0.717, 1.165) is 17.4 Å². The van der Waals surface area contributed by atoms with E-state index in [9.17, 15) is 23.1 Å². The molecular weight excluding hydrogens is 363 g/mol. The molecule has 24 heavy (non-hydrogen) atoms. The van der Waals surface area contributed by atoms with Crippen LogP contribution in [0.1, 0.15) is 20.2 Å². The SMILES string of the molecule is NC(=O)c1cc([C@@](O)(c2nc3ccccc3s2)C(F)(F)F)sc1N. The zero-order valence-electron chi connectivity index (χ0n) is 11.8. The number of primary amides is 1. The van der Waals surface area contributed by atoms with Crippen molar-refractivity contribution in [3.8, 4) is 0 Å². The summed E-state index contributed by atoms with van der Waals surface area (Å²) in [5, 5.41) is 9.80. The second kappa shape index (κ2) is 5.43. The Morgan fingerprint density at radius 1 is 1.21 bits per heavy atom. The smallest absolute Gasteiger partial charge is 0.390 e. The standard InChI is InChI=1S/C14H10F3N3O2S2/c15-14(16,17)13(22,9-5-6(10(18)21)11(19)24-9)12-20-7-3-1-2-4-8(7)23-12/h1-5,22H,19H2,(H2,18,21)/t13-/m1/s1. The van der Waals surface area contributed by atoms with Crippen LogP contribution in [0.25, 0.3) is 10.2 Å². The maximum atomic E-state index is 13.7. The molecule has 126 valence electrons. The molecule has 5 N–H and O–H groups in total. The van der Waals surface area contributed by atoms with Gasteiger partial charge in [0.1, 0.15) is 5.01 Å². The van der Waals surface area contributed by atoms with E-state index in [2.05, 4.69) is 4.98 Å². The lowest BCUT2D eigenvalue weighted by atomic mass is 10.0. The van der Waals surface area contributed by atoms with Crippen LogP contribution in [0.4, 0.5) is 18.2 Å². The number of anilines is 1. The molecule has 3 rings (SSSR count).